The maximum atomic E-state index is 12.9. The van der Waals surface area contributed by atoms with Crippen LogP contribution in [0.5, 0.6) is 0 Å². The normalized spacial score (nSPS) is 17.7. The number of nitrogens with one attached hydrogen (secondary N) is 2. The highest BCUT2D eigenvalue weighted by molar-refractivity contribution is 6.77. The van der Waals surface area contributed by atoms with Gasteiger partial charge in [0, 0.05) is 18.7 Å². The highest BCUT2D eigenvalue weighted by Gasteiger charge is 2.52. The molecular weight excluding hydrogens is 586 g/mol. The van der Waals surface area contributed by atoms with Crippen LogP contribution in [-0.4, -0.2) is 52.1 Å². The lowest BCUT2D eigenvalue weighted by Gasteiger charge is -2.32. The van der Waals surface area contributed by atoms with Crippen molar-refractivity contribution in [1.82, 2.24) is 10.3 Å². The Balaban J connectivity index is 1.31. The molecule has 1 amide bonds. The van der Waals surface area contributed by atoms with E-state index in [1.807, 2.05) is 52.0 Å². The zero-order valence-corrected chi connectivity index (χ0v) is 25.4. The van der Waals surface area contributed by atoms with Gasteiger partial charge in [0.05, 0.1) is 16.9 Å². The maximum absolute atomic E-state index is 12.9. The van der Waals surface area contributed by atoms with E-state index in [2.05, 4.69) is 34.6 Å². The van der Waals surface area contributed by atoms with Gasteiger partial charge >= 0.3 is 13.2 Å². The Kier molecular flexibility index (Phi) is 8.09. The van der Waals surface area contributed by atoms with Crippen LogP contribution in [0.3, 0.4) is 0 Å². The first-order chi connectivity index (χ1) is 19.3. The van der Waals surface area contributed by atoms with E-state index in [1.165, 1.54) is 0 Å². The summed E-state index contributed by atoms with van der Waals surface area (Å²) in [6, 6.07) is 17.9. The van der Waals surface area contributed by atoms with E-state index in [-0.39, 0.29) is 24.8 Å². The fourth-order valence-electron chi connectivity index (χ4n) is 5.01. The number of halogens is 3. The summed E-state index contributed by atoms with van der Waals surface area (Å²) in [7, 11) is -0.754. The predicted octanol–water partition coefficient (Wildman–Crippen LogP) is 7.12. The van der Waals surface area contributed by atoms with Crippen molar-refractivity contribution in [3.05, 3.63) is 88.7 Å². The van der Waals surface area contributed by atoms with E-state index in [0.717, 1.165) is 22.3 Å². The number of aromatic nitrogens is 1. The molecule has 41 heavy (non-hydrogen) atoms. The molecule has 2 heterocycles. The molecule has 0 saturated carbocycles. The molecule has 0 radical (unpaired) electrons. The third-order valence-electron chi connectivity index (χ3n) is 7.90. The third kappa shape index (κ3) is 6.08. The van der Waals surface area contributed by atoms with E-state index in [4.69, 9.17) is 48.8 Å². The summed E-state index contributed by atoms with van der Waals surface area (Å²) in [5.74, 6) is -0.740. The topological polar surface area (TPSA) is 89.7 Å². The lowest BCUT2D eigenvalue weighted by molar-refractivity contribution is 0.00578. The van der Waals surface area contributed by atoms with Crippen LogP contribution in [0.15, 0.2) is 66.3 Å². The Morgan fingerprint density at radius 1 is 1.00 bits per heavy atom. The number of Topliss-reactive ketones (excluding diaryl/α,β-unsaturated/α-hetero) is 1. The Hall–Kier alpha value is -2.75. The van der Waals surface area contributed by atoms with Gasteiger partial charge in [-0.25, -0.2) is 4.79 Å². The van der Waals surface area contributed by atoms with Gasteiger partial charge in [-0.15, -0.1) is 0 Å². The number of carbonyl (C=O) groups excluding carboxylic acids is 2. The second-order valence-corrected chi connectivity index (χ2v) is 13.4. The number of aromatic amines is 1. The number of H-pyrrole nitrogens is 1. The van der Waals surface area contributed by atoms with Gasteiger partial charge < -0.3 is 24.3 Å². The van der Waals surface area contributed by atoms with Crippen molar-refractivity contribution in [2.75, 3.05) is 13.2 Å². The lowest BCUT2D eigenvalue weighted by Crippen LogP contribution is -2.41. The molecule has 1 aromatic heterocycles. The standard InChI is InChI=1S/C30H30BCl3N2O5/c1-28(2)29(3,4)41-31(40-28)19(13-18-14-25(35-15-18)26(37)30(32,33)34)16-36-27(38)39-17-24-22-11-7-5-9-20(22)21-10-6-8-12-23(21)24/h5-15,24,35H,16-17H2,1-4H3,(H,36,38). The zero-order valence-electron chi connectivity index (χ0n) is 23.1. The van der Waals surface area contributed by atoms with Crippen molar-refractivity contribution in [1.29, 1.82) is 0 Å². The first-order valence-corrected chi connectivity index (χ1v) is 14.3. The first-order valence-electron chi connectivity index (χ1n) is 13.2. The molecule has 5 rings (SSSR count). The summed E-state index contributed by atoms with van der Waals surface area (Å²) in [5, 5.41) is 2.83. The summed E-state index contributed by atoms with van der Waals surface area (Å²) in [6.07, 6.45) is 2.79. The van der Waals surface area contributed by atoms with Crippen LogP contribution in [0.4, 0.5) is 4.79 Å². The maximum Gasteiger partial charge on any atom is 0.492 e. The van der Waals surface area contributed by atoms with Crippen LogP contribution in [0.1, 0.15) is 60.8 Å². The van der Waals surface area contributed by atoms with E-state index in [0.29, 0.717) is 11.0 Å². The van der Waals surface area contributed by atoms with Gasteiger partial charge in [-0.3, -0.25) is 4.79 Å². The van der Waals surface area contributed by atoms with E-state index in [9.17, 15) is 9.59 Å². The molecule has 1 saturated heterocycles. The van der Waals surface area contributed by atoms with Gasteiger partial charge in [-0.05, 0) is 67.1 Å². The second kappa shape index (κ2) is 11.2. The van der Waals surface area contributed by atoms with Crippen LogP contribution in [0.2, 0.25) is 0 Å². The number of hydrogen-bond donors (Lipinski definition) is 2. The highest BCUT2D eigenvalue weighted by atomic mass is 35.6. The quantitative estimate of drug-likeness (QED) is 0.168. The molecular formula is C30H30BCl3N2O5. The van der Waals surface area contributed by atoms with Crippen molar-refractivity contribution in [2.24, 2.45) is 0 Å². The van der Waals surface area contributed by atoms with Crippen LogP contribution in [0.25, 0.3) is 17.2 Å². The number of fused-ring (bicyclic) bond motifs is 3. The molecule has 2 N–H and O–H groups in total. The largest absolute Gasteiger partial charge is 0.492 e. The summed E-state index contributed by atoms with van der Waals surface area (Å²) < 4.78 is 16.1. The molecule has 3 aromatic rings. The van der Waals surface area contributed by atoms with E-state index >= 15 is 0 Å². The minimum absolute atomic E-state index is 0.0556. The molecule has 0 bridgehead atoms. The number of hydrogen-bond acceptors (Lipinski definition) is 5. The van der Waals surface area contributed by atoms with Crippen LogP contribution >= 0.6 is 34.8 Å². The molecule has 1 aliphatic carbocycles. The Morgan fingerprint density at radius 2 is 1.56 bits per heavy atom. The van der Waals surface area contributed by atoms with Gasteiger partial charge in [0.25, 0.3) is 3.79 Å². The molecule has 0 spiro atoms. The van der Waals surface area contributed by atoms with Crippen molar-refractivity contribution in [3.8, 4) is 11.1 Å². The van der Waals surface area contributed by atoms with Crippen molar-refractivity contribution in [3.63, 3.8) is 0 Å². The van der Waals surface area contributed by atoms with Crippen molar-refractivity contribution in [2.45, 2.75) is 48.6 Å². The third-order valence-corrected chi connectivity index (χ3v) is 8.41. The molecule has 2 aromatic carbocycles. The molecule has 1 fully saturated rings. The molecule has 11 heteroatoms. The SMILES string of the molecule is CC1(C)OB(C(=Cc2c[nH]c(C(=O)C(Cl)(Cl)Cl)c2)CNC(=O)OCC2c3ccccc3-c3ccccc32)OC1(C)C. The number of ether oxygens (including phenoxy) is 1. The van der Waals surface area contributed by atoms with Crippen LogP contribution < -0.4 is 5.32 Å². The van der Waals surface area contributed by atoms with Crippen molar-refractivity contribution >= 4 is 59.9 Å². The number of ketones is 1. The Bertz CT molecular complexity index is 1450. The monoisotopic (exact) mass is 614 g/mol. The molecule has 0 atom stereocenters. The van der Waals surface area contributed by atoms with Gasteiger partial charge in [0.1, 0.15) is 6.61 Å². The van der Waals surface area contributed by atoms with Gasteiger partial charge in [0.2, 0.25) is 5.78 Å². The summed E-state index contributed by atoms with van der Waals surface area (Å²) in [6.45, 7) is 8.03. The first kappa shape index (κ1) is 29.7. The summed E-state index contributed by atoms with van der Waals surface area (Å²) in [5.41, 5.74) is 4.73. The zero-order chi connectivity index (χ0) is 29.6. The lowest BCUT2D eigenvalue weighted by atomic mass is 9.77. The van der Waals surface area contributed by atoms with Crippen LogP contribution in [0, 0.1) is 0 Å². The number of benzene rings is 2. The molecule has 1 aliphatic heterocycles. The van der Waals surface area contributed by atoms with Crippen LogP contribution in [-0.2, 0) is 14.0 Å². The average Bonchev–Trinajstić information content (AvgIpc) is 3.56. The fraction of sp³-hybridized carbons (Fsp3) is 0.333. The van der Waals surface area contributed by atoms with Gasteiger partial charge in [-0.2, -0.15) is 0 Å². The highest BCUT2D eigenvalue weighted by Crippen LogP contribution is 2.44. The predicted molar refractivity (Wildman–Crippen MR) is 163 cm³/mol. The van der Waals surface area contributed by atoms with Crippen molar-refractivity contribution < 1.29 is 23.6 Å². The van der Waals surface area contributed by atoms with Gasteiger partial charge in [0.15, 0.2) is 0 Å². The summed E-state index contributed by atoms with van der Waals surface area (Å²) in [4.78, 5) is 28.1. The number of amides is 1. The minimum atomic E-state index is -2.09. The Morgan fingerprint density at radius 3 is 2.12 bits per heavy atom. The molecule has 2 aliphatic rings. The number of alkyl halides is 3. The minimum Gasteiger partial charge on any atom is -0.449 e. The Labute approximate surface area is 254 Å². The van der Waals surface area contributed by atoms with E-state index in [1.54, 1.807) is 18.3 Å². The number of carbonyl (C=O) groups is 2. The van der Waals surface area contributed by atoms with Gasteiger partial charge in [-0.1, -0.05) is 89.4 Å². The smallest absolute Gasteiger partial charge is 0.449 e. The van der Waals surface area contributed by atoms with E-state index < -0.39 is 34.0 Å². The molecule has 214 valence electrons. The number of alkyl carbamates (subject to hydrolysis) is 1. The average molecular weight is 616 g/mol. The number of rotatable bonds is 7. The summed E-state index contributed by atoms with van der Waals surface area (Å²) >= 11 is 17.3. The molecule has 0 unspecified atom stereocenters. The second-order valence-electron chi connectivity index (χ2n) is 11.2. The molecule has 7 nitrogen and oxygen atoms in total. The fourth-order valence-corrected chi connectivity index (χ4v) is 5.32.